The summed E-state index contributed by atoms with van der Waals surface area (Å²) in [4.78, 5) is 4.94. The van der Waals surface area contributed by atoms with Crippen LogP contribution in [-0.2, 0) is 15.1 Å². The van der Waals surface area contributed by atoms with Gasteiger partial charge in [-0.3, -0.25) is 4.90 Å². The molecule has 0 aromatic heterocycles. The van der Waals surface area contributed by atoms with E-state index in [0.717, 1.165) is 43.6 Å². The molecule has 1 N–H and O–H groups in total. The van der Waals surface area contributed by atoms with E-state index >= 15 is 0 Å². The second-order valence-electron chi connectivity index (χ2n) is 8.64. The average Bonchev–Trinajstić information content (AvgIpc) is 2.80. The first-order valence-corrected chi connectivity index (χ1v) is 9.37. The molecule has 1 aromatic carbocycles. The molecule has 6 saturated heterocycles. The van der Waals surface area contributed by atoms with Crippen molar-refractivity contribution in [1.82, 2.24) is 4.90 Å². The first kappa shape index (κ1) is 13.1. The summed E-state index contributed by atoms with van der Waals surface area (Å²) in [6.45, 7) is 2.10. The fourth-order valence-corrected chi connectivity index (χ4v) is 7.24. The van der Waals surface area contributed by atoms with Crippen molar-refractivity contribution in [2.24, 2.45) is 5.41 Å². The van der Waals surface area contributed by atoms with Gasteiger partial charge in [-0.1, -0.05) is 18.2 Å². The molecule has 2 unspecified atom stereocenters. The molecule has 0 amide bonds. The fourth-order valence-electron chi connectivity index (χ4n) is 7.24. The molecule has 4 bridgehead atoms. The molecule has 7 aliphatic rings. The van der Waals surface area contributed by atoms with Crippen LogP contribution in [0.15, 0.2) is 24.3 Å². The highest BCUT2D eigenvalue weighted by atomic mass is 16.7. The minimum atomic E-state index is -0.922. The van der Waals surface area contributed by atoms with E-state index in [1.54, 1.807) is 0 Å². The first-order chi connectivity index (χ1) is 11.7. The summed E-state index contributed by atoms with van der Waals surface area (Å²) >= 11 is 0. The quantitative estimate of drug-likeness (QED) is 0.787. The number of benzene rings is 1. The molecular formula is C19H22N2O3. The van der Waals surface area contributed by atoms with Crippen LogP contribution in [0.1, 0.15) is 37.7 Å². The van der Waals surface area contributed by atoms with Crippen LogP contribution in [0, 0.1) is 5.41 Å². The molecule has 5 nitrogen and oxygen atoms in total. The third-order valence-corrected chi connectivity index (χ3v) is 7.82. The molecule has 6 fully saturated rings. The van der Waals surface area contributed by atoms with Gasteiger partial charge in [-0.25, -0.2) is 0 Å². The summed E-state index contributed by atoms with van der Waals surface area (Å²) in [5.41, 5.74) is 0.832. The molecule has 7 aliphatic heterocycles. The van der Waals surface area contributed by atoms with E-state index in [9.17, 15) is 5.11 Å². The molecule has 24 heavy (non-hydrogen) atoms. The molecule has 6 atom stereocenters. The van der Waals surface area contributed by atoms with E-state index in [0.29, 0.717) is 0 Å². The van der Waals surface area contributed by atoms with Gasteiger partial charge in [-0.05, 0) is 37.3 Å². The van der Waals surface area contributed by atoms with Crippen molar-refractivity contribution in [3.05, 3.63) is 29.8 Å². The van der Waals surface area contributed by atoms with E-state index < -0.39 is 11.3 Å². The molecule has 5 heteroatoms. The van der Waals surface area contributed by atoms with E-state index in [2.05, 4.69) is 28.0 Å². The van der Waals surface area contributed by atoms with Gasteiger partial charge in [0.15, 0.2) is 12.0 Å². The molecule has 8 rings (SSSR count). The van der Waals surface area contributed by atoms with Gasteiger partial charge in [-0.2, -0.15) is 0 Å². The van der Waals surface area contributed by atoms with Gasteiger partial charge >= 0.3 is 0 Å². The Morgan fingerprint density at radius 2 is 2.04 bits per heavy atom. The van der Waals surface area contributed by atoms with E-state index in [1.165, 1.54) is 12.8 Å². The molecule has 0 aliphatic carbocycles. The number of nitrogens with zero attached hydrogens (tertiary/aromatic N) is 2. The lowest BCUT2D eigenvalue weighted by atomic mass is 9.55. The maximum Gasteiger partial charge on any atom is 0.195 e. The van der Waals surface area contributed by atoms with Crippen molar-refractivity contribution in [3.63, 3.8) is 0 Å². The highest BCUT2D eigenvalue weighted by Crippen LogP contribution is 2.71. The molecule has 7 heterocycles. The topological polar surface area (TPSA) is 45.2 Å². The Hall–Kier alpha value is -1.14. The Morgan fingerprint density at radius 1 is 1.12 bits per heavy atom. The Morgan fingerprint density at radius 3 is 3.00 bits per heavy atom. The maximum atomic E-state index is 12.0. The standard InChI is InChI=1S/C19H22N2O3/c22-18-7-9-20-8-3-6-17-10-14-21(13-5-2-1-4-12(13)18)19(18,16(17)20)24-15(11-17)23-14/h1-2,4-5,14-16,22H,3,6-11H2/t14?,15?,16-,17-,18-,19-/m1/s1. The number of para-hydroxylation sites is 1. The van der Waals surface area contributed by atoms with Gasteiger partial charge in [0.2, 0.25) is 0 Å². The van der Waals surface area contributed by atoms with Crippen LogP contribution in [0.3, 0.4) is 0 Å². The van der Waals surface area contributed by atoms with Crippen molar-refractivity contribution in [2.45, 2.75) is 62.0 Å². The molecule has 0 radical (unpaired) electrons. The van der Waals surface area contributed by atoms with Gasteiger partial charge in [0, 0.05) is 30.6 Å². The zero-order valence-corrected chi connectivity index (χ0v) is 13.6. The van der Waals surface area contributed by atoms with Crippen LogP contribution in [0.5, 0.6) is 0 Å². The van der Waals surface area contributed by atoms with Crippen LogP contribution in [0.4, 0.5) is 5.69 Å². The van der Waals surface area contributed by atoms with E-state index in [4.69, 9.17) is 9.47 Å². The van der Waals surface area contributed by atoms with Crippen molar-refractivity contribution < 1.29 is 14.6 Å². The smallest absolute Gasteiger partial charge is 0.195 e. The normalized spacial score (nSPS) is 53.2. The van der Waals surface area contributed by atoms with Crippen LogP contribution in [0.2, 0.25) is 0 Å². The second kappa shape index (κ2) is 3.68. The van der Waals surface area contributed by atoms with Crippen LogP contribution in [0.25, 0.3) is 0 Å². The van der Waals surface area contributed by atoms with Crippen molar-refractivity contribution >= 4 is 5.69 Å². The van der Waals surface area contributed by atoms with Gasteiger partial charge in [0.25, 0.3) is 0 Å². The van der Waals surface area contributed by atoms with Crippen molar-refractivity contribution in [1.29, 1.82) is 0 Å². The Bertz CT molecular complexity index is 771. The van der Waals surface area contributed by atoms with Crippen LogP contribution < -0.4 is 4.90 Å². The Labute approximate surface area is 141 Å². The van der Waals surface area contributed by atoms with Gasteiger partial charge in [0.1, 0.15) is 11.8 Å². The summed E-state index contributed by atoms with van der Waals surface area (Å²) in [5, 5.41) is 12.0. The highest BCUT2D eigenvalue weighted by Gasteiger charge is 2.81. The molecule has 2 spiro atoms. The predicted octanol–water partition coefficient (Wildman–Crippen LogP) is 1.75. The SMILES string of the molecule is O[C@]12CCN3CCC[C@]45CC6OC(C4)N(c4ccccc41)[C@@]2(O6)[C@H]35. The third kappa shape index (κ3) is 1.09. The molecule has 1 aromatic rings. The van der Waals surface area contributed by atoms with Crippen molar-refractivity contribution in [3.8, 4) is 0 Å². The minimum Gasteiger partial charge on any atom is -0.380 e. The minimum absolute atomic E-state index is 0.0435. The summed E-state index contributed by atoms with van der Waals surface area (Å²) < 4.78 is 12.9. The van der Waals surface area contributed by atoms with E-state index in [1.807, 2.05) is 6.07 Å². The fraction of sp³-hybridized carbons (Fsp3) is 0.684. The number of anilines is 1. The molecular weight excluding hydrogens is 304 g/mol. The van der Waals surface area contributed by atoms with Gasteiger partial charge < -0.3 is 19.5 Å². The van der Waals surface area contributed by atoms with Crippen molar-refractivity contribution in [2.75, 3.05) is 18.0 Å². The summed E-state index contributed by atoms with van der Waals surface area (Å²) in [5.74, 6) is 0. The lowest BCUT2D eigenvalue weighted by Gasteiger charge is -2.75. The summed E-state index contributed by atoms with van der Waals surface area (Å²) in [7, 11) is 0. The van der Waals surface area contributed by atoms with Crippen LogP contribution in [-0.4, -0.2) is 47.4 Å². The maximum absolute atomic E-state index is 12.0. The first-order valence-electron chi connectivity index (χ1n) is 9.37. The second-order valence-corrected chi connectivity index (χ2v) is 8.64. The summed E-state index contributed by atoms with van der Waals surface area (Å²) in [6.07, 6.45) is 5.20. The Kier molecular flexibility index (Phi) is 2.01. The molecule has 126 valence electrons. The lowest BCUT2D eigenvalue weighted by Crippen LogP contribution is -2.88. The number of hydrogen-bond donors (Lipinski definition) is 1. The molecule has 0 saturated carbocycles. The number of aliphatic hydroxyl groups is 1. The lowest BCUT2D eigenvalue weighted by molar-refractivity contribution is -0.424. The summed E-state index contributed by atoms with van der Waals surface area (Å²) in [6, 6.07) is 8.62. The monoisotopic (exact) mass is 326 g/mol. The highest BCUT2D eigenvalue weighted by molar-refractivity contribution is 5.68. The number of hydrogen-bond acceptors (Lipinski definition) is 5. The predicted molar refractivity (Wildman–Crippen MR) is 86.2 cm³/mol. The largest absolute Gasteiger partial charge is 0.380 e. The number of rotatable bonds is 0. The Balaban J connectivity index is 1.57. The van der Waals surface area contributed by atoms with Gasteiger partial charge in [0.05, 0.1) is 6.04 Å². The average molecular weight is 326 g/mol. The number of piperidine rings is 3. The van der Waals surface area contributed by atoms with E-state index in [-0.39, 0.29) is 24.0 Å². The zero-order valence-electron chi connectivity index (χ0n) is 13.6. The van der Waals surface area contributed by atoms with Crippen LogP contribution >= 0.6 is 0 Å². The number of fused-ring (bicyclic) bond motifs is 2. The zero-order chi connectivity index (χ0) is 15.7. The van der Waals surface area contributed by atoms with Gasteiger partial charge in [-0.15, -0.1) is 0 Å². The number of ether oxygens (including phenoxy) is 2. The third-order valence-electron chi connectivity index (χ3n) is 7.82.